The molecule has 20 heavy (non-hydrogen) atoms. The van der Waals surface area contributed by atoms with Crippen LogP contribution in [0.4, 0.5) is 0 Å². The fourth-order valence-corrected chi connectivity index (χ4v) is 2.96. The van der Waals surface area contributed by atoms with Crippen molar-refractivity contribution in [2.45, 2.75) is 6.92 Å². The highest BCUT2D eigenvalue weighted by atomic mass is 32.1. The van der Waals surface area contributed by atoms with E-state index in [4.69, 9.17) is 4.74 Å². The summed E-state index contributed by atoms with van der Waals surface area (Å²) in [5.41, 5.74) is 4.22. The van der Waals surface area contributed by atoms with E-state index in [-0.39, 0.29) is 5.91 Å². The number of aromatic nitrogens is 2. The summed E-state index contributed by atoms with van der Waals surface area (Å²) < 4.78 is 5.27. The molecular formula is C14H15N3O2S. The van der Waals surface area contributed by atoms with Crippen molar-refractivity contribution in [1.82, 2.24) is 14.9 Å². The number of ether oxygens (including phenoxy) is 1. The van der Waals surface area contributed by atoms with Gasteiger partial charge in [0.1, 0.15) is 0 Å². The molecule has 0 bridgehead atoms. The number of amides is 1. The third-order valence-electron chi connectivity index (χ3n) is 3.28. The fraction of sp³-hybridized carbons (Fsp3) is 0.357. The average molecular weight is 289 g/mol. The number of morpholine rings is 1. The van der Waals surface area contributed by atoms with Gasteiger partial charge in [0.25, 0.3) is 5.91 Å². The number of aryl methyl sites for hydroxylation is 1. The molecule has 1 aliphatic rings. The van der Waals surface area contributed by atoms with Gasteiger partial charge in [-0.15, -0.1) is 11.3 Å². The van der Waals surface area contributed by atoms with E-state index in [2.05, 4.69) is 9.97 Å². The van der Waals surface area contributed by atoms with Crippen LogP contribution in [0, 0.1) is 6.92 Å². The smallest absolute Gasteiger partial charge is 0.254 e. The Morgan fingerprint density at radius 2 is 2.15 bits per heavy atom. The Hall–Kier alpha value is -1.79. The maximum atomic E-state index is 12.4. The molecule has 0 aromatic carbocycles. The Bertz CT molecular complexity index is 620. The first-order valence-corrected chi connectivity index (χ1v) is 7.37. The van der Waals surface area contributed by atoms with Crippen LogP contribution >= 0.6 is 11.3 Å². The highest BCUT2D eigenvalue weighted by Crippen LogP contribution is 2.26. The minimum absolute atomic E-state index is 0.0409. The molecule has 0 atom stereocenters. The molecule has 2 aromatic heterocycles. The number of carbonyl (C=O) groups is 1. The van der Waals surface area contributed by atoms with Crippen LogP contribution < -0.4 is 0 Å². The van der Waals surface area contributed by atoms with Crippen molar-refractivity contribution in [3.8, 4) is 10.6 Å². The summed E-state index contributed by atoms with van der Waals surface area (Å²) >= 11 is 1.54. The second-order valence-corrected chi connectivity index (χ2v) is 5.46. The predicted molar refractivity (Wildman–Crippen MR) is 76.8 cm³/mol. The topological polar surface area (TPSA) is 55.3 Å². The molecule has 3 heterocycles. The first kappa shape index (κ1) is 13.2. The highest BCUT2D eigenvalue weighted by molar-refractivity contribution is 7.13. The molecule has 0 aliphatic carbocycles. The number of rotatable bonds is 2. The van der Waals surface area contributed by atoms with E-state index in [1.165, 1.54) is 0 Å². The monoisotopic (exact) mass is 289 g/mol. The van der Waals surface area contributed by atoms with E-state index in [1.807, 2.05) is 17.9 Å². The Morgan fingerprint density at radius 1 is 1.35 bits per heavy atom. The second kappa shape index (κ2) is 5.68. The maximum absolute atomic E-state index is 12.4. The van der Waals surface area contributed by atoms with Crippen LogP contribution in [0.3, 0.4) is 0 Å². The van der Waals surface area contributed by atoms with Crippen molar-refractivity contribution in [2.24, 2.45) is 0 Å². The molecule has 1 saturated heterocycles. The molecule has 2 aromatic rings. The molecule has 1 fully saturated rings. The molecule has 104 valence electrons. The molecule has 5 nitrogen and oxygen atoms in total. The largest absolute Gasteiger partial charge is 0.378 e. The molecular weight excluding hydrogens is 274 g/mol. The third-order valence-corrected chi connectivity index (χ3v) is 4.23. The van der Waals surface area contributed by atoms with Crippen LogP contribution in [-0.4, -0.2) is 47.1 Å². The first-order valence-electron chi connectivity index (χ1n) is 6.49. The van der Waals surface area contributed by atoms with Gasteiger partial charge in [-0.1, -0.05) is 0 Å². The van der Waals surface area contributed by atoms with E-state index >= 15 is 0 Å². The standard InChI is InChI=1S/C14H15N3O2S/c1-10-13(20-9-16-10)12-8-11(2-3-15-12)14(18)17-4-6-19-7-5-17/h2-3,8-9H,4-7H2,1H3. The Labute approximate surface area is 121 Å². The zero-order valence-corrected chi connectivity index (χ0v) is 12.0. The minimum atomic E-state index is 0.0409. The van der Waals surface area contributed by atoms with Crippen LogP contribution in [0.5, 0.6) is 0 Å². The van der Waals surface area contributed by atoms with Crippen molar-refractivity contribution in [3.05, 3.63) is 35.1 Å². The molecule has 1 amide bonds. The van der Waals surface area contributed by atoms with Crippen molar-refractivity contribution in [3.63, 3.8) is 0 Å². The molecule has 0 spiro atoms. The zero-order valence-electron chi connectivity index (χ0n) is 11.2. The summed E-state index contributed by atoms with van der Waals surface area (Å²) in [6, 6.07) is 3.61. The normalized spacial score (nSPS) is 15.3. The van der Waals surface area contributed by atoms with Crippen LogP contribution in [0.1, 0.15) is 16.1 Å². The van der Waals surface area contributed by atoms with E-state index in [0.29, 0.717) is 31.9 Å². The minimum Gasteiger partial charge on any atom is -0.378 e. The van der Waals surface area contributed by atoms with Crippen molar-refractivity contribution in [1.29, 1.82) is 0 Å². The van der Waals surface area contributed by atoms with Gasteiger partial charge in [0.15, 0.2) is 0 Å². The van der Waals surface area contributed by atoms with Gasteiger partial charge in [0.2, 0.25) is 0 Å². The molecule has 0 saturated carbocycles. The lowest BCUT2D eigenvalue weighted by atomic mass is 10.1. The van der Waals surface area contributed by atoms with Gasteiger partial charge < -0.3 is 9.64 Å². The van der Waals surface area contributed by atoms with Crippen LogP contribution in [0.15, 0.2) is 23.8 Å². The molecule has 0 N–H and O–H groups in total. The molecule has 1 aliphatic heterocycles. The van der Waals surface area contributed by atoms with Gasteiger partial charge in [0, 0.05) is 24.8 Å². The Balaban J connectivity index is 1.87. The van der Waals surface area contributed by atoms with E-state index < -0.39 is 0 Å². The summed E-state index contributed by atoms with van der Waals surface area (Å²) in [7, 11) is 0. The SMILES string of the molecule is Cc1ncsc1-c1cc(C(=O)N2CCOCC2)ccn1. The predicted octanol–water partition coefficient (Wildman–Crippen LogP) is 1.99. The molecule has 3 rings (SSSR count). The Kier molecular flexibility index (Phi) is 3.75. The molecule has 0 unspecified atom stereocenters. The number of hydrogen-bond acceptors (Lipinski definition) is 5. The zero-order chi connectivity index (χ0) is 13.9. The fourth-order valence-electron chi connectivity index (χ4n) is 2.18. The summed E-state index contributed by atoms with van der Waals surface area (Å²) in [5.74, 6) is 0.0409. The quantitative estimate of drug-likeness (QED) is 0.848. The van der Waals surface area contributed by atoms with Crippen molar-refractivity contribution < 1.29 is 9.53 Å². The molecule has 0 radical (unpaired) electrons. The van der Waals surface area contributed by atoms with Crippen molar-refractivity contribution in [2.75, 3.05) is 26.3 Å². The number of carbonyl (C=O) groups excluding carboxylic acids is 1. The van der Waals surface area contributed by atoms with E-state index in [0.717, 1.165) is 16.3 Å². The summed E-state index contributed by atoms with van der Waals surface area (Å²) in [5, 5.41) is 0. The third kappa shape index (κ3) is 2.57. The number of pyridine rings is 1. The van der Waals surface area contributed by atoms with Gasteiger partial charge in [-0.2, -0.15) is 0 Å². The van der Waals surface area contributed by atoms with Crippen LogP contribution in [0.2, 0.25) is 0 Å². The van der Waals surface area contributed by atoms with Gasteiger partial charge in [-0.25, -0.2) is 4.98 Å². The van der Waals surface area contributed by atoms with Gasteiger partial charge in [-0.3, -0.25) is 9.78 Å². The molecule has 6 heteroatoms. The van der Waals surface area contributed by atoms with Crippen LogP contribution in [0.25, 0.3) is 10.6 Å². The summed E-state index contributed by atoms with van der Waals surface area (Å²) in [6.45, 7) is 4.46. The number of thiazole rings is 1. The lowest BCUT2D eigenvalue weighted by Crippen LogP contribution is -2.40. The summed E-state index contributed by atoms with van der Waals surface area (Å²) in [6.07, 6.45) is 1.68. The van der Waals surface area contributed by atoms with E-state index in [9.17, 15) is 4.79 Å². The average Bonchev–Trinajstić information content (AvgIpc) is 2.94. The lowest BCUT2D eigenvalue weighted by Gasteiger charge is -2.26. The summed E-state index contributed by atoms with van der Waals surface area (Å²) in [4.78, 5) is 23.8. The Morgan fingerprint density at radius 3 is 2.85 bits per heavy atom. The van der Waals surface area contributed by atoms with Gasteiger partial charge in [0.05, 0.1) is 35.0 Å². The lowest BCUT2D eigenvalue weighted by molar-refractivity contribution is 0.0303. The number of hydrogen-bond donors (Lipinski definition) is 0. The van der Waals surface area contributed by atoms with Gasteiger partial charge >= 0.3 is 0 Å². The van der Waals surface area contributed by atoms with E-state index in [1.54, 1.807) is 29.1 Å². The first-order chi connectivity index (χ1) is 9.75. The number of nitrogens with zero attached hydrogens (tertiary/aromatic N) is 3. The van der Waals surface area contributed by atoms with Crippen LogP contribution in [-0.2, 0) is 4.74 Å². The second-order valence-electron chi connectivity index (χ2n) is 4.60. The maximum Gasteiger partial charge on any atom is 0.254 e. The highest BCUT2D eigenvalue weighted by Gasteiger charge is 2.19. The van der Waals surface area contributed by atoms with Gasteiger partial charge in [-0.05, 0) is 19.1 Å². The van der Waals surface area contributed by atoms with Crippen molar-refractivity contribution >= 4 is 17.2 Å².